The monoisotopic (exact) mass is 477 g/mol. The first-order valence-electron chi connectivity index (χ1n) is 10.7. The molecular formula is C25H21F2N5O3. The fraction of sp³-hybridized carbons (Fsp3) is 0.240. The van der Waals surface area contributed by atoms with Crippen molar-refractivity contribution in [1.82, 2.24) is 20.2 Å². The number of nitrogens with zero attached hydrogens (tertiary/aromatic N) is 4. The van der Waals surface area contributed by atoms with Crippen LogP contribution in [0.3, 0.4) is 0 Å². The number of amides is 2. The van der Waals surface area contributed by atoms with Crippen LogP contribution in [-0.4, -0.2) is 56.8 Å². The van der Waals surface area contributed by atoms with Gasteiger partial charge in [0.25, 0.3) is 11.8 Å². The first-order valence-corrected chi connectivity index (χ1v) is 10.7. The van der Waals surface area contributed by atoms with Crippen LogP contribution in [0.4, 0.5) is 8.78 Å². The maximum atomic E-state index is 13.6. The Balaban J connectivity index is 1.53. The van der Waals surface area contributed by atoms with E-state index in [-0.39, 0.29) is 11.4 Å². The van der Waals surface area contributed by atoms with Crippen LogP contribution in [0, 0.1) is 11.3 Å². The van der Waals surface area contributed by atoms with Crippen molar-refractivity contribution in [3.63, 3.8) is 0 Å². The van der Waals surface area contributed by atoms with Crippen LogP contribution in [0.15, 0.2) is 48.8 Å². The number of nitriles is 1. The first-order chi connectivity index (χ1) is 16.7. The highest BCUT2D eigenvalue weighted by atomic mass is 19.3. The summed E-state index contributed by atoms with van der Waals surface area (Å²) in [4.78, 5) is 34.2. The van der Waals surface area contributed by atoms with Crippen LogP contribution in [-0.2, 0) is 4.79 Å². The van der Waals surface area contributed by atoms with Gasteiger partial charge in [-0.2, -0.15) is 5.26 Å². The molecule has 2 aromatic heterocycles. The number of benzene rings is 1. The predicted octanol–water partition coefficient (Wildman–Crippen LogP) is 3.39. The van der Waals surface area contributed by atoms with Crippen molar-refractivity contribution < 1.29 is 23.5 Å². The van der Waals surface area contributed by atoms with Crippen LogP contribution in [0.1, 0.15) is 34.8 Å². The van der Waals surface area contributed by atoms with Gasteiger partial charge >= 0.3 is 0 Å². The van der Waals surface area contributed by atoms with E-state index in [0.717, 1.165) is 21.6 Å². The second-order valence-electron chi connectivity index (χ2n) is 8.28. The van der Waals surface area contributed by atoms with Crippen molar-refractivity contribution in [2.24, 2.45) is 0 Å². The molecule has 1 aromatic carbocycles. The SMILES string of the molecule is C/C(=C\c1ccc2nccc(C(=O)NCC(=O)N3CC(F)(F)C[C@H]3C#N)c2c1)c1ccc(O)nc1. The summed E-state index contributed by atoms with van der Waals surface area (Å²) in [5.41, 5.74) is 3.32. The quantitative estimate of drug-likeness (QED) is 0.582. The number of hydrogen-bond acceptors (Lipinski definition) is 6. The molecule has 3 heterocycles. The number of nitrogens with one attached hydrogen (secondary N) is 1. The Morgan fingerprint density at radius 2 is 2.09 bits per heavy atom. The second kappa shape index (κ2) is 9.46. The van der Waals surface area contributed by atoms with Gasteiger partial charge in [-0.05, 0) is 47.9 Å². The van der Waals surface area contributed by atoms with Gasteiger partial charge in [-0.15, -0.1) is 0 Å². The number of pyridine rings is 2. The van der Waals surface area contributed by atoms with E-state index in [9.17, 15) is 23.5 Å². The van der Waals surface area contributed by atoms with E-state index >= 15 is 0 Å². The molecule has 1 aliphatic rings. The third-order valence-electron chi connectivity index (χ3n) is 5.74. The Morgan fingerprint density at radius 1 is 1.29 bits per heavy atom. The van der Waals surface area contributed by atoms with Crippen LogP contribution < -0.4 is 5.32 Å². The van der Waals surface area contributed by atoms with Gasteiger partial charge < -0.3 is 15.3 Å². The molecule has 1 saturated heterocycles. The molecule has 1 fully saturated rings. The Bertz CT molecular complexity index is 1370. The van der Waals surface area contributed by atoms with E-state index < -0.39 is 43.3 Å². The highest BCUT2D eigenvalue weighted by Crippen LogP contribution is 2.31. The molecule has 4 rings (SSSR count). The summed E-state index contributed by atoms with van der Waals surface area (Å²) < 4.78 is 27.3. The van der Waals surface area contributed by atoms with Gasteiger partial charge in [-0.1, -0.05) is 12.1 Å². The van der Waals surface area contributed by atoms with E-state index in [1.54, 1.807) is 30.5 Å². The number of carbonyl (C=O) groups is 2. The molecule has 10 heteroatoms. The molecule has 0 saturated carbocycles. The molecule has 1 aliphatic heterocycles. The molecule has 0 spiro atoms. The number of halogens is 2. The topological polar surface area (TPSA) is 119 Å². The minimum absolute atomic E-state index is 0.0750. The minimum Gasteiger partial charge on any atom is -0.493 e. The molecule has 0 unspecified atom stereocenters. The summed E-state index contributed by atoms with van der Waals surface area (Å²) in [6.45, 7) is 0.532. The molecule has 3 aromatic rings. The standard InChI is InChI=1S/C25H21F2N5O3/c1-15(17-3-5-22(33)30-12-17)8-16-2-4-21-20(9-16)19(6-7-29-21)24(35)31-13-23(34)32-14-25(26,27)10-18(32)11-28/h2-9,12,18H,10,13-14H2,1H3,(H,30,33)(H,31,35)/b15-8+/t18-/m0/s1. The summed E-state index contributed by atoms with van der Waals surface area (Å²) in [6, 6.07) is 10.6. The number of fused-ring (bicyclic) bond motifs is 1. The molecule has 1 atom stereocenters. The van der Waals surface area contributed by atoms with E-state index in [0.29, 0.717) is 10.9 Å². The van der Waals surface area contributed by atoms with Gasteiger partial charge in [-0.25, -0.2) is 13.8 Å². The number of hydrogen-bond donors (Lipinski definition) is 2. The fourth-order valence-corrected chi connectivity index (χ4v) is 3.95. The summed E-state index contributed by atoms with van der Waals surface area (Å²) >= 11 is 0. The highest BCUT2D eigenvalue weighted by molar-refractivity contribution is 6.07. The van der Waals surface area contributed by atoms with Gasteiger partial charge in [0.05, 0.1) is 30.2 Å². The molecular weight excluding hydrogens is 456 g/mol. The Kier molecular flexibility index (Phi) is 6.42. The number of likely N-dealkylation sites (tertiary alicyclic amines) is 1. The molecule has 0 bridgehead atoms. The van der Waals surface area contributed by atoms with Crippen molar-refractivity contribution in [1.29, 1.82) is 5.26 Å². The van der Waals surface area contributed by atoms with Crippen molar-refractivity contribution in [3.05, 3.63) is 65.5 Å². The van der Waals surface area contributed by atoms with Gasteiger partial charge in [0, 0.05) is 30.3 Å². The van der Waals surface area contributed by atoms with Crippen LogP contribution >= 0.6 is 0 Å². The van der Waals surface area contributed by atoms with E-state index in [2.05, 4.69) is 15.3 Å². The van der Waals surface area contributed by atoms with Crippen LogP contribution in [0.5, 0.6) is 5.88 Å². The van der Waals surface area contributed by atoms with Crippen LogP contribution in [0.25, 0.3) is 22.6 Å². The average molecular weight is 477 g/mol. The second-order valence-corrected chi connectivity index (χ2v) is 8.28. The van der Waals surface area contributed by atoms with Crippen LogP contribution in [0.2, 0.25) is 0 Å². The maximum absolute atomic E-state index is 13.6. The van der Waals surface area contributed by atoms with Crippen molar-refractivity contribution in [2.45, 2.75) is 25.3 Å². The molecule has 8 nitrogen and oxygen atoms in total. The van der Waals surface area contributed by atoms with Crippen molar-refractivity contribution >= 4 is 34.4 Å². The largest absolute Gasteiger partial charge is 0.493 e. The zero-order valence-corrected chi connectivity index (χ0v) is 18.7. The molecule has 0 radical (unpaired) electrons. The fourth-order valence-electron chi connectivity index (χ4n) is 3.95. The van der Waals surface area contributed by atoms with E-state index in [1.807, 2.05) is 19.1 Å². The number of aromatic nitrogens is 2. The molecule has 2 amide bonds. The van der Waals surface area contributed by atoms with E-state index in [4.69, 9.17) is 5.26 Å². The average Bonchev–Trinajstić information content (AvgIpc) is 3.17. The molecule has 35 heavy (non-hydrogen) atoms. The van der Waals surface area contributed by atoms with E-state index in [1.165, 1.54) is 18.3 Å². The minimum atomic E-state index is -3.13. The smallest absolute Gasteiger partial charge is 0.268 e. The highest BCUT2D eigenvalue weighted by Gasteiger charge is 2.47. The van der Waals surface area contributed by atoms with Gasteiger partial charge in [0.2, 0.25) is 11.8 Å². The Morgan fingerprint density at radius 3 is 2.80 bits per heavy atom. The number of alkyl halides is 2. The lowest BCUT2D eigenvalue weighted by Gasteiger charge is -2.19. The number of rotatable bonds is 5. The third kappa shape index (κ3) is 5.24. The van der Waals surface area contributed by atoms with Gasteiger partial charge in [-0.3, -0.25) is 14.6 Å². The normalized spacial score (nSPS) is 17.3. The first kappa shape index (κ1) is 23.8. The Hall–Kier alpha value is -4.39. The lowest BCUT2D eigenvalue weighted by atomic mass is 10.0. The zero-order chi connectivity index (χ0) is 25.2. The molecule has 178 valence electrons. The third-order valence-corrected chi connectivity index (χ3v) is 5.74. The van der Waals surface area contributed by atoms with Gasteiger partial charge in [0.1, 0.15) is 6.04 Å². The number of carbonyl (C=O) groups excluding carboxylic acids is 2. The molecule has 2 N–H and O–H groups in total. The number of aromatic hydroxyl groups is 1. The lowest BCUT2D eigenvalue weighted by Crippen LogP contribution is -2.43. The van der Waals surface area contributed by atoms with Crippen molar-refractivity contribution in [3.8, 4) is 11.9 Å². The zero-order valence-electron chi connectivity index (χ0n) is 18.7. The predicted molar refractivity (Wildman–Crippen MR) is 124 cm³/mol. The summed E-state index contributed by atoms with van der Waals surface area (Å²) in [7, 11) is 0. The summed E-state index contributed by atoms with van der Waals surface area (Å²) in [6.07, 6.45) is 4.19. The lowest BCUT2D eigenvalue weighted by molar-refractivity contribution is -0.131. The number of allylic oxidation sites excluding steroid dienone is 1. The summed E-state index contributed by atoms with van der Waals surface area (Å²) in [5, 5.41) is 21.5. The van der Waals surface area contributed by atoms with Crippen molar-refractivity contribution in [2.75, 3.05) is 13.1 Å². The van der Waals surface area contributed by atoms with Gasteiger partial charge in [0.15, 0.2) is 0 Å². The summed E-state index contributed by atoms with van der Waals surface area (Å²) in [5.74, 6) is -4.51. The molecule has 0 aliphatic carbocycles. The maximum Gasteiger partial charge on any atom is 0.268 e. The Labute approximate surface area is 199 Å².